The van der Waals surface area contributed by atoms with Crippen molar-refractivity contribution >= 4 is 29.9 Å². The van der Waals surface area contributed by atoms with Crippen LogP contribution in [0.2, 0.25) is 0 Å². The van der Waals surface area contributed by atoms with Gasteiger partial charge in [0, 0.05) is 26.2 Å². The topological polar surface area (TPSA) is 30.9 Å². The smallest absolute Gasteiger partial charge is 0.193 e. The molecule has 0 aromatic carbocycles. The van der Waals surface area contributed by atoms with Crippen molar-refractivity contribution in [3.8, 4) is 0 Å². The lowest BCUT2D eigenvalue weighted by atomic mass is 9.86. The van der Waals surface area contributed by atoms with E-state index in [9.17, 15) is 0 Å². The monoisotopic (exact) mass is 462 g/mol. The molecular formula is C20H39IN4. The molecule has 0 radical (unpaired) electrons. The average Bonchev–Trinajstić information content (AvgIpc) is 3.23. The summed E-state index contributed by atoms with van der Waals surface area (Å²) in [7, 11) is 0. The van der Waals surface area contributed by atoms with E-state index < -0.39 is 0 Å². The van der Waals surface area contributed by atoms with Gasteiger partial charge in [0.1, 0.15) is 0 Å². The Hall–Kier alpha value is -0.0400. The Kier molecular flexibility index (Phi) is 8.79. The summed E-state index contributed by atoms with van der Waals surface area (Å²) in [5, 5.41) is 3.57. The molecule has 1 aliphatic carbocycles. The largest absolute Gasteiger partial charge is 0.357 e. The molecule has 146 valence electrons. The Balaban J connectivity index is 0.00000225. The molecule has 2 heterocycles. The second-order valence-corrected chi connectivity index (χ2v) is 8.36. The van der Waals surface area contributed by atoms with Crippen LogP contribution in [0.3, 0.4) is 0 Å². The quantitative estimate of drug-likeness (QED) is 0.381. The van der Waals surface area contributed by atoms with Crippen LogP contribution in [0, 0.1) is 11.3 Å². The molecule has 0 amide bonds. The fourth-order valence-corrected chi connectivity index (χ4v) is 5.00. The van der Waals surface area contributed by atoms with Crippen LogP contribution in [-0.4, -0.2) is 61.6 Å². The van der Waals surface area contributed by atoms with Crippen molar-refractivity contribution < 1.29 is 0 Å². The molecule has 0 bridgehead atoms. The van der Waals surface area contributed by atoms with Gasteiger partial charge in [0.2, 0.25) is 0 Å². The van der Waals surface area contributed by atoms with Crippen LogP contribution in [0.15, 0.2) is 4.99 Å². The number of hydrogen-bond donors (Lipinski definition) is 1. The van der Waals surface area contributed by atoms with Crippen LogP contribution in [0.25, 0.3) is 0 Å². The molecule has 3 aliphatic rings. The predicted octanol–water partition coefficient (Wildman–Crippen LogP) is 3.96. The molecule has 0 atom stereocenters. The Morgan fingerprint density at radius 3 is 2.44 bits per heavy atom. The number of rotatable bonds is 5. The maximum absolute atomic E-state index is 5.06. The minimum absolute atomic E-state index is 0. The number of likely N-dealkylation sites (tertiary alicyclic amines) is 2. The van der Waals surface area contributed by atoms with E-state index >= 15 is 0 Å². The first kappa shape index (κ1) is 21.3. The molecule has 1 saturated carbocycles. The van der Waals surface area contributed by atoms with Crippen molar-refractivity contribution in [3.63, 3.8) is 0 Å². The van der Waals surface area contributed by atoms with Gasteiger partial charge in [-0.25, -0.2) is 0 Å². The molecule has 0 aromatic rings. The highest BCUT2D eigenvalue weighted by Crippen LogP contribution is 2.45. The van der Waals surface area contributed by atoms with Gasteiger partial charge in [-0.05, 0) is 76.4 Å². The zero-order chi connectivity index (χ0) is 16.8. The van der Waals surface area contributed by atoms with E-state index in [-0.39, 0.29) is 24.0 Å². The molecular weight excluding hydrogens is 423 g/mol. The van der Waals surface area contributed by atoms with E-state index in [1.54, 1.807) is 0 Å². The van der Waals surface area contributed by atoms with Crippen LogP contribution in [0.1, 0.15) is 65.2 Å². The van der Waals surface area contributed by atoms with Gasteiger partial charge in [-0.15, -0.1) is 24.0 Å². The molecule has 3 fully saturated rings. The summed E-state index contributed by atoms with van der Waals surface area (Å²) in [6.45, 7) is 12.8. The van der Waals surface area contributed by atoms with Crippen LogP contribution >= 0.6 is 24.0 Å². The molecule has 4 nitrogen and oxygen atoms in total. The fourth-order valence-electron chi connectivity index (χ4n) is 5.00. The SMILES string of the molecule is CCCN1CCC(CN=C(NCC)N2CCC3(CCCC3)C2)CC1.I. The second-order valence-electron chi connectivity index (χ2n) is 8.36. The minimum atomic E-state index is 0. The lowest BCUT2D eigenvalue weighted by Gasteiger charge is -2.31. The summed E-state index contributed by atoms with van der Waals surface area (Å²) in [4.78, 5) is 10.2. The third-order valence-corrected chi connectivity index (χ3v) is 6.48. The van der Waals surface area contributed by atoms with E-state index in [0.717, 1.165) is 19.0 Å². The van der Waals surface area contributed by atoms with Gasteiger partial charge in [0.25, 0.3) is 0 Å². The van der Waals surface area contributed by atoms with E-state index in [1.807, 2.05) is 0 Å². The second kappa shape index (κ2) is 10.3. The molecule has 25 heavy (non-hydrogen) atoms. The number of piperidine rings is 1. The lowest BCUT2D eigenvalue weighted by molar-refractivity contribution is 0.188. The van der Waals surface area contributed by atoms with Crippen molar-refractivity contribution in [2.45, 2.75) is 65.2 Å². The third-order valence-electron chi connectivity index (χ3n) is 6.48. The summed E-state index contributed by atoms with van der Waals surface area (Å²) >= 11 is 0. The van der Waals surface area contributed by atoms with Crippen molar-refractivity contribution in [1.82, 2.24) is 15.1 Å². The first-order chi connectivity index (χ1) is 11.7. The van der Waals surface area contributed by atoms with Crippen LogP contribution in [-0.2, 0) is 0 Å². The summed E-state index contributed by atoms with van der Waals surface area (Å²) in [6, 6.07) is 0. The van der Waals surface area contributed by atoms with E-state index in [4.69, 9.17) is 4.99 Å². The van der Waals surface area contributed by atoms with Crippen molar-refractivity contribution in [2.75, 3.05) is 45.8 Å². The zero-order valence-corrected chi connectivity index (χ0v) is 18.8. The van der Waals surface area contributed by atoms with Crippen LogP contribution in [0.4, 0.5) is 0 Å². The molecule has 5 heteroatoms. The molecule has 1 spiro atoms. The first-order valence-electron chi connectivity index (χ1n) is 10.5. The molecule has 3 rings (SSSR count). The number of halogens is 1. The van der Waals surface area contributed by atoms with Gasteiger partial charge in [-0.2, -0.15) is 0 Å². The number of hydrogen-bond acceptors (Lipinski definition) is 2. The number of aliphatic imine (C=N–C) groups is 1. The first-order valence-corrected chi connectivity index (χ1v) is 10.5. The van der Waals surface area contributed by atoms with E-state index in [2.05, 4.69) is 29.0 Å². The summed E-state index contributed by atoms with van der Waals surface area (Å²) in [5.74, 6) is 1.98. The van der Waals surface area contributed by atoms with Gasteiger partial charge >= 0.3 is 0 Å². The van der Waals surface area contributed by atoms with Crippen molar-refractivity contribution in [1.29, 1.82) is 0 Å². The number of guanidine groups is 1. The molecule has 0 aromatic heterocycles. The maximum atomic E-state index is 5.06. The van der Waals surface area contributed by atoms with Gasteiger partial charge in [0.15, 0.2) is 5.96 Å². The number of nitrogens with one attached hydrogen (secondary N) is 1. The minimum Gasteiger partial charge on any atom is -0.357 e. The Morgan fingerprint density at radius 1 is 1.08 bits per heavy atom. The van der Waals surface area contributed by atoms with Crippen LogP contribution < -0.4 is 5.32 Å². The van der Waals surface area contributed by atoms with E-state index in [1.165, 1.54) is 90.0 Å². The predicted molar refractivity (Wildman–Crippen MR) is 118 cm³/mol. The fraction of sp³-hybridized carbons (Fsp3) is 0.950. The normalized spacial score (nSPS) is 24.7. The van der Waals surface area contributed by atoms with Crippen LogP contribution in [0.5, 0.6) is 0 Å². The summed E-state index contributed by atoms with van der Waals surface area (Å²) in [6.07, 6.45) is 11.1. The van der Waals surface area contributed by atoms with Crippen molar-refractivity contribution in [3.05, 3.63) is 0 Å². The third kappa shape index (κ3) is 5.72. The highest BCUT2D eigenvalue weighted by atomic mass is 127. The van der Waals surface area contributed by atoms with Gasteiger partial charge in [0.05, 0.1) is 0 Å². The standard InChI is InChI=1S/C20H38N4.HI/c1-3-12-23-13-7-18(8-14-23)16-22-19(21-4-2)24-15-11-20(17-24)9-5-6-10-20;/h18H,3-17H2,1-2H3,(H,21,22);1H. The highest BCUT2D eigenvalue weighted by Gasteiger charge is 2.41. The van der Waals surface area contributed by atoms with Gasteiger partial charge < -0.3 is 15.1 Å². The number of nitrogens with zero attached hydrogens (tertiary/aromatic N) is 3. The maximum Gasteiger partial charge on any atom is 0.193 e. The molecule has 1 N–H and O–H groups in total. The summed E-state index contributed by atoms with van der Waals surface area (Å²) in [5.41, 5.74) is 0.627. The highest BCUT2D eigenvalue weighted by molar-refractivity contribution is 14.0. The average molecular weight is 462 g/mol. The molecule has 0 unspecified atom stereocenters. The Morgan fingerprint density at radius 2 is 1.80 bits per heavy atom. The summed E-state index contributed by atoms with van der Waals surface area (Å²) < 4.78 is 0. The molecule has 2 saturated heterocycles. The van der Waals surface area contributed by atoms with Gasteiger partial charge in [-0.1, -0.05) is 19.8 Å². The Labute approximate surface area is 172 Å². The zero-order valence-electron chi connectivity index (χ0n) is 16.4. The Bertz CT molecular complexity index is 412. The van der Waals surface area contributed by atoms with E-state index in [0.29, 0.717) is 5.41 Å². The molecule has 2 aliphatic heterocycles. The lowest BCUT2D eigenvalue weighted by Crippen LogP contribution is -2.41. The van der Waals surface area contributed by atoms with Crippen molar-refractivity contribution in [2.24, 2.45) is 16.3 Å². The van der Waals surface area contributed by atoms with Gasteiger partial charge in [-0.3, -0.25) is 4.99 Å².